The van der Waals surface area contributed by atoms with E-state index in [-0.39, 0.29) is 62.8 Å². The molecule has 0 fully saturated rings. The zero-order valence-electron chi connectivity index (χ0n) is 17.0. The Labute approximate surface area is 170 Å². The molecule has 9 heteroatoms. The first-order valence-corrected chi connectivity index (χ1v) is 8.99. The van der Waals surface area contributed by atoms with Gasteiger partial charge in [0.05, 0.1) is 25.9 Å². The van der Waals surface area contributed by atoms with E-state index in [0.717, 1.165) is 0 Å². The number of rotatable bonds is 16. The van der Waals surface area contributed by atoms with Crippen LogP contribution < -0.4 is 0 Å². The second kappa shape index (κ2) is 14.5. The number of carboxylic acids is 1. The lowest BCUT2D eigenvalue weighted by Gasteiger charge is -2.27. The fourth-order valence-electron chi connectivity index (χ4n) is 2.12. The van der Waals surface area contributed by atoms with E-state index in [1.165, 1.54) is 13.8 Å². The molecular formula is C20H30O9. The van der Waals surface area contributed by atoms with Gasteiger partial charge in [-0.05, 0) is 20.3 Å². The van der Waals surface area contributed by atoms with Crippen LogP contribution in [0, 0.1) is 5.92 Å². The number of carbonyl (C=O) groups is 3. The molecule has 2 N–H and O–H groups in total. The van der Waals surface area contributed by atoms with Crippen molar-refractivity contribution < 1.29 is 43.5 Å². The maximum atomic E-state index is 11.6. The molecule has 0 amide bonds. The highest BCUT2D eigenvalue weighted by molar-refractivity contribution is 5.87. The first kappa shape index (κ1) is 26.5. The van der Waals surface area contributed by atoms with Gasteiger partial charge in [-0.1, -0.05) is 19.7 Å². The minimum Gasteiger partial charge on any atom is -0.478 e. The lowest BCUT2D eigenvalue weighted by atomic mass is 9.91. The molecule has 2 unspecified atom stereocenters. The average molecular weight is 414 g/mol. The van der Waals surface area contributed by atoms with Gasteiger partial charge in [0.25, 0.3) is 0 Å². The SMILES string of the molecule is C=C(C)C(=O)OCCOCCOC(COC(=O)C(=C)C)C(CCO)C(=C)C(=O)O. The van der Waals surface area contributed by atoms with Crippen molar-refractivity contribution in [3.63, 3.8) is 0 Å². The predicted molar refractivity (Wildman–Crippen MR) is 104 cm³/mol. The Balaban J connectivity index is 4.68. The van der Waals surface area contributed by atoms with Crippen LogP contribution in [0.4, 0.5) is 0 Å². The Morgan fingerprint density at radius 3 is 1.97 bits per heavy atom. The Bertz CT molecular complexity index is 609. The van der Waals surface area contributed by atoms with Crippen molar-refractivity contribution in [3.05, 3.63) is 36.5 Å². The number of aliphatic hydroxyl groups is 1. The zero-order chi connectivity index (χ0) is 22.4. The smallest absolute Gasteiger partial charge is 0.333 e. The number of carboxylic acid groups (broad SMARTS) is 1. The van der Waals surface area contributed by atoms with Crippen molar-refractivity contribution in [2.24, 2.45) is 5.92 Å². The molecule has 0 heterocycles. The molecule has 0 saturated carbocycles. The third-order valence-electron chi connectivity index (χ3n) is 3.71. The minimum atomic E-state index is -1.24. The van der Waals surface area contributed by atoms with Crippen LogP contribution in [0.15, 0.2) is 36.5 Å². The summed E-state index contributed by atoms with van der Waals surface area (Å²) in [6.07, 6.45) is -0.781. The molecule has 0 radical (unpaired) electrons. The van der Waals surface area contributed by atoms with E-state index < -0.39 is 29.9 Å². The first-order valence-electron chi connectivity index (χ1n) is 8.99. The molecule has 0 aliphatic heterocycles. The summed E-state index contributed by atoms with van der Waals surface area (Å²) in [5, 5.41) is 18.5. The lowest BCUT2D eigenvalue weighted by molar-refractivity contribution is -0.146. The van der Waals surface area contributed by atoms with Crippen LogP contribution in [0.2, 0.25) is 0 Å². The van der Waals surface area contributed by atoms with Crippen LogP contribution in [0.1, 0.15) is 20.3 Å². The Hall–Kier alpha value is -2.49. The highest BCUT2D eigenvalue weighted by atomic mass is 16.6. The number of esters is 2. The second-order valence-electron chi connectivity index (χ2n) is 6.27. The summed E-state index contributed by atoms with van der Waals surface area (Å²) in [5.74, 6) is -3.16. The molecular weight excluding hydrogens is 384 g/mol. The molecule has 164 valence electrons. The highest BCUT2D eigenvalue weighted by Crippen LogP contribution is 2.22. The van der Waals surface area contributed by atoms with E-state index >= 15 is 0 Å². The number of aliphatic hydroxyl groups excluding tert-OH is 1. The fourth-order valence-corrected chi connectivity index (χ4v) is 2.12. The van der Waals surface area contributed by atoms with E-state index in [9.17, 15) is 24.6 Å². The predicted octanol–water partition coefficient (Wildman–Crippen LogP) is 1.27. The van der Waals surface area contributed by atoms with Crippen molar-refractivity contribution in [2.75, 3.05) is 39.6 Å². The van der Waals surface area contributed by atoms with Gasteiger partial charge in [0.2, 0.25) is 0 Å². The first-order chi connectivity index (χ1) is 13.6. The molecule has 0 aliphatic carbocycles. The van der Waals surface area contributed by atoms with Crippen LogP contribution in [-0.4, -0.2) is 73.9 Å². The fraction of sp³-hybridized carbons (Fsp3) is 0.550. The summed E-state index contributed by atoms with van der Waals surface area (Å²) in [7, 11) is 0. The third kappa shape index (κ3) is 11.2. The Morgan fingerprint density at radius 1 is 0.897 bits per heavy atom. The molecule has 0 aromatic carbocycles. The number of hydrogen-bond acceptors (Lipinski definition) is 8. The topological polar surface area (TPSA) is 129 Å². The number of carbonyl (C=O) groups excluding carboxylic acids is 2. The van der Waals surface area contributed by atoms with Crippen LogP contribution in [0.5, 0.6) is 0 Å². The maximum Gasteiger partial charge on any atom is 0.333 e. The standard InChI is InChI=1S/C20H30O9/c1-13(2)19(24)28-11-9-26-8-10-27-17(12-29-20(25)14(3)4)16(6-7-21)15(5)18(22)23/h16-17,21H,1,3,5-12H2,2,4H3,(H,22,23). The van der Waals surface area contributed by atoms with Crippen molar-refractivity contribution in [1.29, 1.82) is 0 Å². The van der Waals surface area contributed by atoms with Gasteiger partial charge in [0.1, 0.15) is 13.2 Å². The maximum absolute atomic E-state index is 11.6. The molecule has 0 rings (SSSR count). The Morgan fingerprint density at radius 2 is 1.45 bits per heavy atom. The molecule has 9 nitrogen and oxygen atoms in total. The molecule has 0 spiro atoms. The van der Waals surface area contributed by atoms with Crippen molar-refractivity contribution in [2.45, 2.75) is 26.4 Å². The normalized spacial score (nSPS) is 12.5. The van der Waals surface area contributed by atoms with E-state index in [2.05, 4.69) is 19.7 Å². The van der Waals surface area contributed by atoms with E-state index in [1.807, 2.05) is 0 Å². The van der Waals surface area contributed by atoms with Gasteiger partial charge in [-0.2, -0.15) is 0 Å². The molecule has 2 atom stereocenters. The van der Waals surface area contributed by atoms with Crippen LogP contribution in [0.3, 0.4) is 0 Å². The van der Waals surface area contributed by atoms with Crippen molar-refractivity contribution >= 4 is 17.9 Å². The summed E-state index contributed by atoms with van der Waals surface area (Å²) in [6.45, 7) is 13.3. The van der Waals surface area contributed by atoms with Crippen LogP contribution >= 0.6 is 0 Å². The van der Waals surface area contributed by atoms with E-state index in [0.29, 0.717) is 0 Å². The zero-order valence-corrected chi connectivity index (χ0v) is 17.0. The molecule has 0 saturated heterocycles. The summed E-state index contributed by atoms with van der Waals surface area (Å²) in [6, 6.07) is 0. The summed E-state index contributed by atoms with van der Waals surface area (Å²) in [5.41, 5.74) is 0.310. The van der Waals surface area contributed by atoms with E-state index in [1.54, 1.807) is 0 Å². The van der Waals surface area contributed by atoms with Crippen LogP contribution in [-0.2, 0) is 33.3 Å². The van der Waals surface area contributed by atoms with Crippen LogP contribution in [0.25, 0.3) is 0 Å². The monoisotopic (exact) mass is 414 g/mol. The molecule has 0 bridgehead atoms. The third-order valence-corrected chi connectivity index (χ3v) is 3.71. The molecule has 0 aromatic heterocycles. The quantitative estimate of drug-likeness (QED) is 0.218. The van der Waals surface area contributed by atoms with Gasteiger partial charge in [-0.3, -0.25) is 0 Å². The van der Waals surface area contributed by atoms with Gasteiger partial charge >= 0.3 is 17.9 Å². The minimum absolute atomic E-state index is 0.0499. The summed E-state index contributed by atoms with van der Waals surface area (Å²) < 4.78 is 20.9. The van der Waals surface area contributed by atoms with Crippen molar-refractivity contribution in [1.82, 2.24) is 0 Å². The van der Waals surface area contributed by atoms with Crippen molar-refractivity contribution in [3.8, 4) is 0 Å². The number of aliphatic carboxylic acids is 1. The average Bonchev–Trinajstić information content (AvgIpc) is 2.66. The number of hydrogen-bond donors (Lipinski definition) is 2. The molecule has 0 aromatic rings. The number of ether oxygens (including phenoxy) is 4. The Kier molecular flexibility index (Phi) is 13.3. The second-order valence-corrected chi connectivity index (χ2v) is 6.27. The molecule has 0 aliphatic rings. The van der Waals surface area contributed by atoms with E-state index in [4.69, 9.17) is 18.9 Å². The summed E-state index contributed by atoms with van der Waals surface area (Å²) in [4.78, 5) is 34.2. The summed E-state index contributed by atoms with van der Waals surface area (Å²) >= 11 is 0. The van der Waals surface area contributed by atoms with Gasteiger partial charge in [0.15, 0.2) is 0 Å². The van der Waals surface area contributed by atoms with Gasteiger partial charge in [-0.25, -0.2) is 14.4 Å². The van der Waals surface area contributed by atoms with Gasteiger partial charge < -0.3 is 29.2 Å². The van der Waals surface area contributed by atoms with Gasteiger partial charge in [0, 0.05) is 29.2 Å². The lowest BCUT2D eigenvalue weighted by Crippen LogP contribution is -2.35. The van der Waals surface area contributed by atoms with Gasteiger partial charge in [-0.15, -0.1) is 0 Å². The highest BCUT2D eigenvalue weighted by Gasteiger charge is 2.29. The molecule has 29 heavy (non-hydrogen) atoms. The largest absolute Gasteiger partial charge is 0.478 e.